The van der Waals surface area contributed by atoms with Crippen molar-refractivity contribution in [1.29, 1.82) is 0 Å². The number of nitro groups is 1. The zero-order valence-electron chi connectivity index (χ0n) is 19.3. The molecule has 13 heteroatoms. The molecular weight excluding hydrogens is 478 g/mol. The maximum Gasteiger partial charge on any atom is 0.269 e. The van der Waals surface area contributed by atoms with Crippen LogP contribution in [0.15, 0.2) is 53.4 Å². The zero-order chi connectivity index (χ0) is 26.0. The first-order chi connectivity index (χ1) is 16.6. The summed E-state index contributed by atoms with van der Waals surface area (Å²) in [6.45, 7) is 4.12. The van der Waals surface area contributed by atoms with Crippen LogP contribution in [0.1, 0.15) is 47.4 Å². The zero-order valence-corrected chi connectivity index (χ0v) is 20.1. The van der Waals surface area contributed by atoms with Crippen LogP contribution in [0.25, 0.3) is 0 Å². The molecule has 0 bridgehead atoms. The van der Waals surface area contributed by atoms with Gasteiger partial charge in [-0.1, -0.05) is 13.8 Å². The van der Waals surface area contributed by atoms with Gasteiger partial charge in [0, 0.05) is 36.3 Å². The summed E-state index contributed by atoms with van der Waals surface area (Å²) in [6.07, 6.45) is 1.35. The molecule has 3 N–H and O–H groups in total. The number of carbonyl (C=O) groups is 3. The van der Waals surface area contributed by atoms with Crippen molar-refractivity contribution in [3.63, 3.8) is 0 Å². The van der Waals surface area contributed by atoms with Gasteiger partial charge in [-0.2, -0.15) is 4.31 Å². The molecule has 2 aromatic rings. The van der Waals surface area contributed by atoms with E-state index in [1.165, 1.54) is 40.7 Å². The fraction of sp³-hybridized carbons (Fsp3) is 0.318. The highest BCUT2D eigenvalue weighted by atomic mass is 32.2. The lowest BCUT2D eigenvalue weighted by molar-refractivity contribution is -0.384. The summed E-state index contributed by atoms with van der Waals surface area (Å²) in [5, 5.41) is 13.0. The molecule has 0 spiro atoms. The van der Waals surface area contributed by atoms with E-state index in [0.29, 0.717) is 25.9 Å². The lowest BCUT2D eigenvalue weighted by Gasteiger charge is -2.21. The average Bonchev–Trinajstić information content (AvgIpc) is 2.85. The highest BCUT2D eigenvalue weighted by molar-refractivity contribution is 7.89. The Bertz CT molecular complexity index is 1160. The molecule has 3 amide bonds. The molecule has 35 heavy (non-hydrogen) atoms. The van der Waals surface area contributed by atoms with Gasteiger partial charge in [-0.25, -0.2) is 8.42 Å². The molecule has 0 saturated heterocycles. The number of nitrogens with zero attached hydrogens (tertiary/aromatic N) is 2. The van der Waals surface area contributed by atoms with E-state index >= 15 is 0 Å². The molecule has 0 saturated carbocycles. The predicted molar refractivity (Wildman–Crippen MR) is 127 cm³/mol. The Morgan fingerprint density at radius 1 is 0.857 bits per heavy atom. The van der Waals surface area contributed by atoms with Crippen LogP contribution >= 0.6 is 0 Å². The summed E-state index contributed by atoms with van der Waals surface area (Å²) in [7, 11) is -3.67. The number of hydrogen-bond donors (Lipinski definition) is 3. The minimum Gasteiger partial charge on any atom is -0.343 e. The van der Waals surface area contributed by atoms with Gasteiger partial charge in [0.1, 0.15) is 0 Å². The van der Waals surface area contributed by atoms with Crippen molar-refractivity contribution in [2.75, 3.05) is 19.6 Å². The van der Waals surface area contributed by atoms with Gasteiger partial charge < -0.3 is 5.32 Å². The third-order valence-corrected chi connectivity index (χ3v) is 6.68. The van der Waals surface area contributed by atoms with Gasteiger partial charge in [0.25, 0.3) is 23.4 Å². The van der Waals surface area contributed by atoms with Gasteiger partial charge in [0.2, 0.25) is 10.0 Å². The summed E-state index contributed by atoms with van der Waals surface area (Å²) < 4.78 is 27.0. The number of nitro benzene ring substituents is 1. The fourth-order valence-electron chi connectivity index (χ4n) is 3.02. The van der Waals surface area contributed by atoms with E-state index in [9.17, 15) is 32.9 Å². The van der Waals surface area contributed by atoms with Gasteiger partial charge in [-0.3, -0.25) is 35.3 Å². The standard InChI is InChI=1S/C22H27N5O7S/c1-3-13-26(14-4-2)35(33,34)19-11-7-16(8-12-19)21(29)23-15-20(28)24-25-22(30)17-5-9-18(10-6-17)27(31)32/h5-12H,3-4,13-15H2,1-2H3,(H,23,29)(H,24,28)(H,25,30). The predicted octanol–water partition coefficient (Wildman–Crippen LogP) is 1.60. The van der Waals surface area contributed by atoms with Crippen LogP contribution in [0.5, 0.6) is 0 Å². The third kappa shape index (κ3) is 7.58. The quantitative estimate of drug-likeness (QED) is 0.308. The van der Waals surface area contributed by atoms with Crippen LogP contribution in [-0.4, -0.2) is 55.0 Å². The molecular formula is C22H27N5O7S. The Hall–Kier alpha value is -3.84. The highest BCUT2D eigenvalue weighted by Crippen LogP contribution is 2.17. The van der Waals surface area contributed by atoms with Crippen molar-refractivity contribution >= 4 is 33.4 Å². The second kappa shape index (κ2) is 12.6. The molecule has 0 radical (unpaired) electrons. The van der Waals surface area contributed by atoms with Crippen molar-refractivity contribution < 1.29 is 27.7 Å². The van der Waals surface area contributed by atoms with Gasteiger partial charge in [-0.05, 0) is 49.2 Å². The first-order valence-corrected chi connectivity index (χ1v) is 12.3. The Labute approximate surface area is 202 Å². The Morgan fingerprint density at radius 3 is 1.89 bits per heavy atom. The average molecular weight is 506 g/mol. The second-order valence-electron chi connectivity index (χ2n) is 7.42. The van der Waals surface area contributed by atoms with Crippen LogP contribution in [0.3, 0.4) is 0 Å². The molecule has 12 nitrogen and oxygen atoms in total. The molecule has 0 heterocycles. The first-order valence-electron chi connectivity index (χ1n) is 10.8. The van der Waals surface area contributed by atoms with E-state index < -0.39 is 39.2 Å². The molecule has 0 aromatic heterocycles. The molecule has 188 valence electrons. The Morgan fingerprint density at radius 2 is 1.37 bits per heavy atom. The lowest BCUT2D eigenvalue weighted by Crippen LogP contribution is -2.46. The van der Waals surface area contributed by atoms with Crippen molar-refractivity contribution in [3.8, 4) is 0 Å². The van der Waals surface area contributed by atoms with Crippen molar-refractivity contribution in [1.82, 2.24) is 20.5 Å². The van der Waals surface area contributed by atoms with Gasteiger partial charge in [-0.15, -0.1) is 0 Å². The van der Waals surface area contributed by atoms with E-state index in [4.69, 9.17) is 0 Å². The van der Waals surface area contributed by atoms with Crippen LogP contribution in [-0.2, 0) is 14.8 Å². The minimum absolute atomic E-state index is 0.0719. The van der Waals surface area contributed by atoms with Crippen molar-refractivity contribution in [2.24, 2.45) is 0 Å². The monoisotopic (exact) mass is 505 g/mol. The molecule has 0 aliphatic carbocycles. The van der Waals surface area contributed by atoms with Gasteiger partial charge >= 0.3 is 0 Å². The molecule has 0 aliphatic rings. The molecule has 2 rings (SSSR count). The molecule has 0 unspecified atom stereocenters. The van der Waals surface area contributed by atoms with Gasteiger partial charge in [0.15, 0.2) is 0 Å². The second-order valence-corrected chi connectivity index (χ2v) is 9.36. The number of benzene rings is 2. The molecule has 2 aromatic carbocycles. The summed E-state index contributed by atoms with van der Waals surface area (Å²) in [4.78, 5) is 46.3. The van der Waals surface area contributed by atoms with E-state index in [2.05, 4.69) is 16.2 Å². The van der Waals surface area contributed by atoms with Crippen molar-refractivity contribution in [3.05, 3.63) is 69.8 Å². The summed E-state index contributed by atoms with van der Waals surface area (Å²) in [5.41, 5.74) is 4.32. The SMILES string of the molecule is CCCN(CCC)S(=O)(=O)c1ccc(C(=O)NCC(=O)NNC(=O)c2ccc([N+](=O)[O-])cc2)cc1. The van der Waals surface area contributed by atoms with Crippen LogP contribution < -0.4 is 16.2 Å². The summed E-state index contributed by atoms with van der Waals surface area (Å²) >= 11 is 0. The maximum absolute atomic E-state index is 12.8. The normalized spacial score (nSPS) is 11.1. The number of hydrazine groups is 1. The number of non-ortho nitro benzene ring substituents is 1. The number of sulfonamides is 1. The van der Waals surface area contributed by atoms with E-state index in [1.54, 1.807) is 0 Å². The molecule has 0 atom stereocenters. The fourth-order valence-corrected chi connectivity index (χ4v) is 4.64. The minimum atomic E-state index is -3.67. The Kier molecular flexibility index (Phi) is 9.85. The maximum atomic E-state index is 12.8. The lowest BCUT2D eigenvalue weighted by atomic mass is 10.2. The summed E-state index contributed by atoms with van der Waals surface area (Å²) in [6, 6.07) is 10.2. The van der Waals surface area contributed by atoms with Gasteiger partial charge in [0.05, 0.1) is 16.4 Å². The summed E-state index contributed by atoms with van der Waals surface area (Å²) in [5.74, 6) is -2.02. The van der Waals surface area contributed by atoms with E-state index in [-0.39, 0.29) is 21.7 Å². The highest BCUT2D eigenvalue weighted by Gasteiger charge is 2.23. The van der Waals surface area contributed by atoms with Crippen LogP contribution in [0.4, 0.5) is 5.69 Å². The first kappa shape index (κ1) is 27.4. The van der Waals surface area contributed by atoms with Crippen LogP contribution in [0.2, 0.25) is 0 Å². The van der Waals surface area contributed by atoms with Crippen molar-refractivity contribution in [2.45, 2.75) is 31.6 Å². The smallest absolute Gasteiger partial charge is 0.269 e. The van der Waals surface area contributed by atoms with Crippen LogP contribution in [0, 0.1) is 10.1 Å². The number of nitrogens with one attached hydrogen (secondary N) is 3. The largest absolute Gasteiger partial charge is 0.343 e. The number of hydrogen-bond acceptors (Lipinski definition) is 7. The third-order valence-electron chi connectivity index (χ3n) is 4.77. The van der Waals surface area contributed by atoms with E-state index in [0.717, 1.165) is 12.1 Å². The molecule has 0 fully saturated rings. The topological polar surface area (TPSA) is 168 Å². The number of amides is 3. The molecule has 0 aliphatic heterocycles. The number of rotatable bonds is 11. The van der Waals surface area contributed by atoms with E-state index in [1.807, 2.05) is 13.8 Å². The number of carbonyl (C=O) groups excluding carboxylic acids is 3. The Balaban J connectivity index is 1.88.